The number of fused-ring (bicyclic) bond motifs is 8. The van der Waals surface area contributed by atoms with Crippen LogP contribution in [0.25, 0.3) is 58.0 Å². The van der Waals surface area contributed by atoms with Gasteiger partial charge in [-0.25, -0.2) is 9.97 Å². The molecule has 0 saturated carbocycles. The third kappa shape index (κ3) is 3.61. The second kappa shape index (κ2) is 8.29. The number of nitrogens with zero attached hydrogens (tertiary/aromatic N) is 6. The summed E-state index contributed by atoms with van der Waals surface area (Å²) in [5.41, 5.74) is 8.95. The van der Waals surface area contributed by atoms with E-state index in [0.717, 1.165) is 45.2 Å². The van der Waals surface area contributed by atoms with Crippen molar-refractivity contribution in [3.63, 3.8) is 0 Å². The van der Waals surface area contributed by atoms with E-state index in [9.17, 15) is 0 Å². The third-order valence-electron chi connectivity index (χ3n) is 6.19. The number of para-hydroxylation sites is 2. The summed E-state index contributed by atoms with van der Waals surface area (Å²) >= 11 is 0. The maximum Gasteiger partial charge on any atom is 0.163 e. The predicted octanol–water partition coefficient (Wildman–Crippen LogP) is 6.37. The topological polar surface area (TPSA) is 61.4 Å². The van der Waals surface area contributed by atoms with E-state index in [4.69, 9.17) is 9.97 Å². The van der Waals surface area contributed by atoms with Crippen LogP contribution in [-0.2, 0) is 0 Å². The zero-order chi connectivity index (χ0) is 23.9. The second-order valence-electron chi connectivity index (χ2n) is 8.61. The van der Waals surface area contributed by atoms with Crippen LogP contribution in [0.4, 0.5) is 0 Å². The highest BCUT2D eigenvalue weighted by Gasteiger charge is 2.10. The minimum Gasteiger partial charge on any atom is -0.310 e. The first-order chi connectivity index (χ1) is 17.8. The highest BCUT2D eigenvalue weighted by molar-refractivity contribution is 5.78. The average molecular weight is 465 g/mol. The lowest BCUT2D eigenvalue weighted by Crippen LogP contribution is -1.94. The Morgan fingerprint density at radius 3 is 1.31 bits per heavy atom. The molecule has 0 fully saturated rings. The molecule has 6 nitrogen and oxygen atoms in total. The minimum absolute atomic E-state index is 0.706. The normalized spacial score (nSPS) is 12.2. The van der Waals surface area contributed by atoms with Gasteiger partial charge in [-0.3, -0.25) is 4.57 Å². The van der Waals surface area contributed by atoms with Crippen molar-refractivity contribution in [2.75, 3.05) is 0 Å². The molecule has 6 heteroatoms. The average Bonchev–Trinajstić information content (AvgIpc) is 3.70. The maximum atomic E-state index is 4.85. The fourth-order valence-electron chi connectivity index (χ4n) is 4.58. The van der Waals surface area contributed by atoms with Gasteiger partial charge in [0.05, 0.1) is 22.8 Å². The Balaban J connectivity index is 1.58. The smallest absolute Gasteiger partial charge is 0.163 e. The van der Waals surface area contributed by atoms with Gasteiger partial charge in [0, 0.05) is 34.5 Å². The van der Waals surface area contributed by atoms with Gasteiger partial charge in [-0.05, 0) is 72.8 Å². The number of rotatable bonds is 2. The lowest BCUT2D eigenvalue weighted by molar-refractivity contribution is 1.15. The van der Waals surface area contributed by atoms with Crippen LogP contribution in [0.15, 0.2) is 97.1 Å². The zero-order valence-corrected chi connectivity index (χ0v) is 19.2. The van der Waals surface area contributed by atoms with Crippen molar-refractivity contribution in [2.45, 2.75) is 0 Å². The molecule has 0 N–H and O–H groups in total. The van der Waals surface area contributed by atoms with Crippen LogP contribution in [0, 0.1) is 0 Å². The van der Waals surface area contributed by atoms with E-state index in [2.05, 4.69) is 51.2 Å². The molecule has 170 valence electrons. The van der Waals surface area contributed by atoms with Crippen molar-refractivity contribution in [2.24, 2.45) is 0 Å². The molecule has 0 aliphatic carbocycles. The molecule has 36 heavy (non-hydrogen) atoms. The van der Waals surface area contributed by atoms with E-state index in [1.54, 1.807) is 0 Å². The highest BCUT2D eigenvalue weighted by Crippen LogP contribution is 2.23. The van der Waals surface area contributed by atoms with E-state index in [0.29, 0.717) is 11.3 Å². The van der Waals surface area contributed by atoms with E-state index >= 15 is 0 Å². The van der Waals surface area contributed by atoms with Gasteiger partial charge in [0.1, 0.15) is 0 Å². The van der Waals surface area contributed by atoms with Crippen LogP contribution >= 0.6 is 0 Å². The van der Waals surface area contributed by atoms with Gasteiger partial charge in [-0.15, -0.1) is 10.2 Å². The summed E-state index contributed by atoms with van der Waals surface area (Å²) in [5, 5.41) is 8.96. The summed E-state index contributed by atoms with van der Waals surface area (Å²) in [4.78, 5) is 9.70. The third-order valence-corrected chi connectivity index (χ3v) is 6.19. The summed E-state index contributed by atoms with van der Waals surface area (Å²) in [6, 6.07) is 32.8. The van der Waals surface area contributed by atoms with Crippen LogP contribution in [0.5, 0.6) is 0 Å². The van der Waals surface area contributed by atoms with Crippen LogP contribution < -0.4 is 0 Å². The van der Waals surface area contributed by atoms with Crippen LogP contribution in [0.1, 0.15) is 22.8 Å². The van der Waals surface area contributed by atoms with Crippen LogP contribution in [0.3, 0.4) is 0 Å². The molecule has 0 atom stereocenters. The Kier molecular flexibility index (Phi) is 4.67. The molecule has 2 aliphatic heterocycles. The van der Waals surface area contributed by atoms with Gasteiger partial charge in [-0.2, -0.15) is 0 Å². The van der Waals surface area contributed by atoms with Gasteiger partial charge in [0.25, 0.3) is 0 Å². The first-order valence-electron chi connectivity index (χ1n) is 11.7. The maximum absolute atomic E-state index is 4.85. The largest absolute Gasteiger partial charge is 0.310 e. The van der Waals surface area contributed by atoms with Crippen molar-refractivity contribution in [3.8, 4) is 11.4 Å². The van der Waals surface area contributed by atoms with Crippen molar-refractivity contribution < 1.29 is 0 Å². The molecule has 0 spiro atoms. The molecule has 8 bridgehead atoms. The molecular formula is C30H20N6. The van der Waals surface area contributed by atoms with Gasteiger partial charge < -0.3 is 4.57 Å². The zero-order valence-electron chi connectivity index (χ0n) is 19.2. The molecule has 0 saturated heterocycles. The highest BCUT2D eigenvalue weighted by atomic mass is 15.3. The number of hydrogen-bond donors (Lipinski definition) is 0. The Morgan fingerprint density at radius 1 is 0.417 bits per heavy atom. The monoisotopic (exact) mass is 464 g/mol. The molecular weight excluding hydrogens is 444 g/mol. The molecule has 2 aliphatic rings. The summed E-state index contributed by atoms with van der Waals surface area (Å²) in [7, 11) is 0. The van der Waals surface area contributed by atoms with Crippen molar-refractivity contribution in [1.29, 1.82) is 0 Å². The van der Waals surface area contributed by atoms with Gasteiger partial charge in [-0.1, -0.05) is 36.4 Å². The molecule has 7 rings (SSSR count). The summed E-state index contributed by atoms with van der Waals surface area (Å²) in [5.74, 6) is 0. The molecule has 0 amide bonds. The number of hydrogen-bond acceptors (Lipinski definition) is 4. The molecule has 3 aromatic heterocycles. The molecule has 5 aromatic rings. The van der Waals surface area contributed by atoms with Crippen LogP contribution in [-0.4, -0.2) is 29.3 Å². The van der Waals surface area contributed by atoms with Gasteiger partial charge in [0.2, 0.25) is 0 Å². The van der Waals surface area contributed by atoms with E-state index < -0.39 is 0 Å². The predicted molar refractivity (Wildman–Crippen MR) is 144 cm³/mol. The Bertz CT molecular complexity index is 1600. The standard InChI is InChI=1S/C30H20N6/c1-3-7-25(8-4-1)35-27-15-16-28(35)18-22-12-14-24(32-22)20-30-34-33-29(19-23-13-11-21(17-27)31-23)36(30)26-9-5-2-6-10-26/h1-20H. The van der Waals surface area contributed by atoms with E-state index in [1.807, 2.05) is 89.5 Å². The molecule has 5 heterocycles. The minimum atomic E-state index is 0.706. The summed E-state index contributed by atoms with van der Waals surface area (Å²) in [6.07, 6.45) is 8.06. The van der Waals surface area contributed by atoms with Crippen LogP contribution in [0.2, 0.25) is 0 Å². The van der Waals surface area contributed by atoms with E-state index in [1.165, 1.54) is 0 Å². The summed E-state index contributed by atoms with van der Waals surface area (Å²) in [6.45, 7) is 0. The number of benzene rings is 2. The number of aromatic nitrogens is 6. The summed E-state index contributed by atoms with van der Waals surface area (Å²) < 4.78 is 4.24. The Labute approximate surface area is 207 Å². The first kappa shape index (κ1) is 20.3. The lowest BCUT2D eigenvalue weighted by atomic mass is 10.3. The molecule has 2 aromatic carbocycles. The molecule has 0 unspecified atom stereocenters. The quantitative estimate of drug-likeness (QED) is 0.298. The van der Waals surface area contributed by atoms with Gasteiger partial charge >= 0.3 is 0 Å². The SMILES string of the molecule is C1=Cc2cc3nnc(cc4nc(cc5ccc(cc1n2)n5-c1ccccc1)C=C4)n3-c1ccccc1. The second-order valence-corrected chi connectivity index (χ2v) is 8.61. The molecule has 0 radical (unpaired) electrons. The Morgan fingerprint density at radius 2 is 0.833 bits per heavy atom. The fourth-order valence-corrected chi connectivity index (χ4v) is 4.58. The fraction of sp³-hybridized carbons (Fsp3) is 0. The Hall–Kier alpha value is -5.10. The van der Waals surface area contributed by atoms with Crippen molar-refractivity contribution in [1.82, 2.24) is 29.3 Å². The first-order valence-corrected chi connectivity index (χ1v) is 11.7. The van der Waals surface area contributed by atoms with Crippen molar-refractivity contribution >= 4 is 46.6 Å². The van der Waals surface area contributed by atoms with E-state index in [-0.39, 0.29) is 0 Å². The van der Waals surface area contributed by atoms with Crippen molar-refractivity contribution in [3.05, 3.63) is 120 Å². The lowest BCUT2D eigenvalue weighted by Gasteiger charge is -2.06. The van der Waals surface area contributed by atoms with Gasteiger partial charge in [0.15, 0.2) is 11.3 Å².